The molecular formula is C16H14N4OS. The van der Waals surface area contributed by atoms with E-state index in [-0.39, 0.29) is 0 Å². The number of nitrogens with zero attached hydrogens (tertiary/aromatic N) is 3. The van der Waals surface area contributed by atoms with Crippen molar-refractivity contribution in [2.75, 3.05) is 0 Å². The third-order valence-electron chi connectivity index (χ3n) is 3.01. The molecule has 0 spiro atoms. The summed E-state index contributed by atoms with van der Waals surface area (Å²) in [5.74, 6) is 0.769. The predicted octanol–water partition coefficient (Wildman–Crippen LogP) is 3.40. The van der Waals surface area contributed by atoms with Gasteiger partial charge in [-0.25, -0.2) is 0 Å². The van der Waals surface area contributed by atoms with Crippen LogP contribution in [0.3, 0.4) is 0 Å². The SMILES string of the molecule is S=c1[nH]ncn1/N=C/c1ccccc1OCc1ccccc1. The lowest BCUT2D eigenvalue weighted by Gasteiger charge is -2.08. The lowest BCUT2D eigenvalue weighted by atomic mass is 10.2. The number of benzene rings is 2. The zero-order chi connectivity index (χ0) is 15.2. The topological polar surface area (TPSA) is 55.2 Å². The van der Waals surface area contributed by atoms with Gasteiger partial charge in [-0.05, 0) is 29.9 Å². The molecule has 3 rings (SSSR count). The van der Waals surface area contributed by atoms with E-state index < -0.39 is 0 Å². The van der Waals surface area contributed by atoms with Gasteiger partial charge in [0.15, 0.2) is 0 Å². The minimum absolute atomic E-state index is 0.443. The molecule has 5 nitrogen and oxygen atoms in total. The molecule has 110 valence electrons. The van der Waals surface area contributed by atoms with Crippen LogP contribution in [0.1, 0.15) is 11.1 Å². The maximum atomic E-state index is 5.87. The second-order valence-electron chi connectivity index (χ2n) is 4.56. The van der Waals surface area contributed by atoms with Crippen LogP contribution in [0.15, 0.2) is 66.0 Å². The Kier molecular flexibility index (Phi) is 4.41. The zero-order valence-corrected chi connectivity index (χ0v) is 12.5. The zero-order valence-electron chi connectivity index (χ0n) is 11.7. The monoisotopic (exact) mass is 310 g/mol. The molecule has 0 aliphatic rings. The lowest BCUT2D eigenvalue weighted by Crippen LogP contribution is -1.98. The molecule has 1 aromatic heterocycles. The molecule has 6 heteroatoms. The molecule has 0 amide bonds. The van der Waals surface area contributed by atoms with Crippen molar-refractivity contribution in [3.63, 3.8) is 0 Å². The van der Waals surface area contributed by atoms with Crippen LogP contribution < -0.4 is 4.74 Å². The molecule has 0 fully saturated rings. The van der Waals surface area contributed by atoms with Crippen molar-refractivity contribution in [2.24, 2.45) is 5.10 Å². The van der Waals surface area contributed by atoms with Crippen molar-refractivity contribution in [3.05, 3.63) is 76.8 Å². The van der Waals surface area contributed by atoms with Gasteiger partial charge in [-0.2, -0.15) is 14.9 Å². The second-order valence-corrected chi connectivity index (χ2v) is 4.95. The van der Waals surface area contributed by atoms with Gasteiger partial charge in [-0.1, -0.05) is 42.5 Å². The second kappa shape index (κ2) is 6.82. The summed E-state index contributed by atoms with van der Waals surface area (Å²) in [5, 5.41) is 10.7. The maximum Gasteiger partial charge on any atom is 0.216 e. The van der Waals surface area contributed by atoms with E-state index in [1.807, 2.05) is 54.6 Å². The van der Waals surface area contributed by atoms with Crippen LogP contribution in [0.2, 0.25) is 0 Å². The minimum Gasteiger partial charge on any atom is -0.488 e. The number of para-hydroxylation sites is 1. The van der Waals surface area contributed by atoms with Gasteiger partial charge in [0, 0.05) is 5.56 Å². The normalized spacial score (nSPS) is 10.9. The van der Waals surface area contributed by atoms with E-state index in [4.69, 9.17) is 17.0 Å². The summed E-state index contributed by atoms with van der Waals surface area (Å²) in [6.45, 7) is 0.511. The Balaban J connectivity index is 1.77. The Morgan fingerprint density at radius 2 is 1.91 bits per heavy atom. The fraction of sp³-hybridized carbons (Fsp3) is 0.0625. The molecule has 0 aliphatic heterocycles. The molecule has 1 N–H and O–H groups in total. The third kappa shape index (κ3) is 3.48. The molecule has 0 radical (unpaired) electrons. The highest BCUT2D eigenvalue weighted by Gasteiger charge is 2.01. The van der Waals surface area contributed by atoms with Gasteiger partial charge in [0.05, 0.1) is 6.21 Å². The van der Waals surface area contributed by atoms with Crippen molar-refractivity contribution in [1.29, 1.82) is 0 Å². The smallest absolute Gasteiger partial charge is 0.216 e. The van der Waals surface area contributed by atoms with E-state index in [2.05, 4.69) is 15.3 Å². The predicted molar refractivity (Wildman–Crippen MR) is 87.6 cm³/mol. The molecule has 3 aromatic rings. The molecule has 0 unspecified atom stereocenters. The summed E-state index contributed by atoms with van der Waals surface area (Å²) >= 11 is 5.05. The van der Waals surface area contributed by atoms with E-state index in [1.54, 1.807) is 6.21 Å². The average Bonchev–Trinajstić information content (AvgIpc) is 2.98. The van der Waals surface area contributed by atoms with Gasteiger partial charge in [-0.15, -0.1) is 0 Å². The van der Waals surface area contributed by atoms with E-state index in [9.17, 15) is 0 Å². The van der Waals surface area contributed by atoms with Crippen LogP contribution in [0, 0.1) is 4.77 Å². The largest absolute Gasteiger partial charge is 0.488 e. The Labute approximate surface area is 132 Å². The molecule has 0 bridgehead atoms. The van der Waals surface area contributed by atoms with E-state index in [1.165, 1.54) is 11.0 Å². The van der Waals surface area contributed by atoms with Crippen LogP contribution in [0.25, 0.3) is 0 Å². The number of hydrogen-bond acceptors (Lipinski definition) is 4. The van der Waals surface area contributed by atoms with Gasteiger partial charge in [0.1, 0.15) is 18.7 Å². The molecule has 0 aliphatic carbocycles. The fourth-order valence-electron chi connectivity index (χ4n) is 1.90. The molecule has 22 heavy (non-hydrogen) atoms. The van der Waals surface area contributed by atoms with Gasteiger partial charge in [-0.3, -0.25) is 5.10 Å². The number of aromatic nitrogens is 3. The highest BCUT2D eigenvalue weighted by Crippen LogP contribution is 2.17. The van der Waals surface area contributed by atoms with Crippen molar-refractivity contribution < 1.29 is 4.74 Å². The molecule has 1 heterocycles. The lowest BCUT2D eigenvalue weighted by molar-refractivity contribution is 0.306. The Morgan fingerprint density at radius 1 is 1.14 bits per heavy atom. The van der Waals surface area contributed by atoms with E-state index in [0.29, 0.717) is 11.4 Å². The summed E-state index contributed by atoms with van der Waals surface area (Å²) in [6.07, 6.45) is 3.22. The Hall–Kier alpha value is -2.73. The number of rotatable bonds is 5. The summed E-state index contributed by atoms with van der Waals surface area (Å²) in [5.41, 5.74) is 1.99. The molecule has 0 saturated heterocycles. The first-order chi connectivity index (χ1) is 10.8. The first-order valence-electron chi connectivity index (χ1n) is 6.75. The number of H-pyrrole nitrogens is 1. The quantitative estimate of drug-likeness (QED) is 0.580. The molecule has 0 saturated carbocycles. The van der Waals surface area contributed by atoms with Crippen LogP contribution >= 0.6 is 12.2 Å². The Morgan fingerprint density at radius 3 is 2.68 bits per heavy atom. The summed E-state index contributed by atoms with van der Waals surface area (Å²) in [4.78, 5) is 0. The van der Waals surface area contributed by atoms with Crippen LogP contribution in [-0.2, 0) is 6.61 Å². The van der Waals surface area contributed by atoms with Gasteiger partial charge < -0.3 is 4.74 Å². The van der Waals surface area contributed by atoms with Gasteiger partial charge in [0.2, 0.25) is 4.77 Å². The van der Waals surface area contributed by atoms with Gasteiger partial charge >= 0.3 is 0 Å². The minimum atomic E-state index is 0.443. The van der Waals surface area contributed by atoms with E-state index in [0.717, 1.165) is 16.9 Å². The standard InChI is InChI=1S/C16H14N4OS/c22-16-19-17-12-20(16)18-10-14-8-4-5-9-15(14)21-11-13-6-2-1-3-7-13/h1-10,12H,11H2,(H,19,22)/b18-10+. The molecular weight excluding hydrogens is 296 g/mol. The van der Waals surface area contributed by atoms with E-state index >= 15 is 0 Å². The number of ether oxygens (including phenoxy) is 1. The summed E-state index contributed by atoms with van der Waals surface area (Å²) in [6, 6.07) is 17.8. The summed E-state index contributed by atoms with van der Waals surface area (Å²) < 4.78 is 7.81. The third-order valence-corrected chi connectivity index (χ3v) is 3.29. The van der Waals surface area contributed by atoms with Crippen molar-refractivity contribution in [2.45, 2.75) is 6.61 Å². The molecule has 0 atom stereocenters. The van der Waals surface area contributed by atoms with Gasteiger partial charge in [0.25, 0.3) is 0 Å². The Bertz CT molecular complexity index is 823. The summed E-state index contributed by atoms with van der Waals surface area (Å²) in [7, 11) is 0. The van der Waals surface area contributed by atoms with Crippen molar-refractivity contribution in [1.82, 2.24) is 14.9 Å². The van der Waals surface area contributed by atoms with Crippen LogP contribution in [0.4, 0.5) is 0 Å². The van der Waals surface area contributed by atoms with Crippen molar-refractivity contribution in [3.8, 4) is 5.75 Å². The first kappa shape index (κ1) is 14.2. The van der Waals surface area contributed by atoms with Crippen molar-refractivity contribution >= 4 is 18.4 Å². The highest BCUT2D eigenvalue weighted by molar-refractivity contribution is 7.71. The highest BCUT2D eigenvalue weighted by atomic mass is 32.1. The average molecular weight is 310 g/mol. The number of hydrogen-bond donors (Lipinski definition) is 1. The number of aromatic amines is 1. The fourth-order valence-corrected chi connectivity index (χ4v) is 2.05. The van der Waals surface area contributed by atoms with Crippen LogP contribution in [-0.4, -0.2) is 21.1 Å². The first-order valence-corrected chi connectivity index (χ1v) is 7.16. The molecule has 2 aromatic carbocycles. The van der Waals surface area contributed by atoms with Crippen LogP contribution in [0.5, 0.6) is 5.75 Å². The number of nitrogens with one attached hydrogen (secondary N) is 1. The maximum absolute atomic E-state index is 5.87.